The molecule has 0 atom stereocenters. The number of benzene rings is 3. The molecule has 0 bridgehead atoms. The second-order valence-electron chi connectivity index (χ2n) is 7.39. The minimum Gasteiger partial charge on any atom is -0.465 e. The van der Waals surface area contributed by atoms with Crippen molar-refractivity contribution < 1.29 is 17.9 Å². The third-order valence-electron chi connectivity index (χ3n) is 5.11. The van der Waals surface area contributed by atoms with E-state index >= 15 is 0 Å². The van der Waals surface area contributed by atoms with Crippen LogP contribution in [0.3, 0.4) is 0 Å². The van der Waals surface area contributed by atoms with Gasteiger partial charge in [0, 0.05) is 23.9 Å². The summed E-state index contributed by atoms with van der Waals surface area (Å²) in [5.41, 5.74) is 3.76. The maximum atomic E-state index is 12.8. The lowest BCUT2D eigenvalue weighted by molar-refractivity contribution is 0.0600. The van der Waals surface area contributed by atoms with Gasteiger partial charge >= 0.3 is 5.97 Å². The number of aromatic nitrogens is 2. The maximum absolute atomic E-state index is 12.8. The van der Waals surface area contributed by atoms with Gasteiger partial charge in [-0.15, -0.1) is 0 Å². The molecule has 8 heteroatoms. The highest BCUT2D eigenvalue weighted by Crippen LogP contribution is 2.23. The number of ether oxygens (including phenoxy) is 1. The normalized spacial score (nSPS) is 11.3. The van der Waals surface area contributed by atoms with Crippen LogP contribution in [0.1, 0.15) is 21.5 Å². The van der Waals surface area contributed by atoms with Crippen LogP contribution in [0.4, 0.5) is 0 Å². The zero-order chi connectivity index (χ0) is 23.3. The van der Waals surface area contributed by atoms with Crippen LogP contribution in [0.2, 0.25) is 0 Å². The highest BCUT2D eigenvalue weighted by atomic mass is 32.2. The first-order valence-electron chi connectivity index (χ1n) is 10.3. The van der Waals surface area contributed by atoms with Crippen LogP contribution in [-0.4, -0.2) is 31.3 Å². The van der Waals surface area contributed by atoms with E-state index in [2.05, 4.69) is 9.46 Å². The third-order valence-corrected chi connectivity index (χ3v) is 6.53. The summed E-state index contributed by atoms with van der Waals surface area (Å²) in [6.45, 7) is 0.641. The van der Waals surface area contributed by atoms with Crippen molar-refractivity contribution in [1.29, 1.82) is 0 Å². The summed E-state index contributed by atoms with van der Waals surface area (Å²) in [6.07, 6.45) is 1.86. The number of carbonyl (C=O) groups excluding carboxylic acids is 1. The lowest BCUT2D eigenvalue weighted by Gasteiger charge is -2.08. The zero-order valence-corrected chi connectivity index (χ0v) is 18.8. The molecule has 0 amide bonds. The van der Waals surface area contributed by atoms with Crippen molar-refractivity contribution in [3.63, 3.8) is 0 Å². The van der Waals surface area contributed by atoms with E-state index in [-0.39, 0.29) is 17.0 Å². The molecule has 4 rings (SSSR count). The van der Waals surface area contributed by atoms with Gasteiger partial charge in [0.1, 0.15) is 0 Å². The summed E-state index contributed by atoms with van der Waals surface area (Å²) >= 11 is 0. The second-order valence-corrected chi connectivity index (χ2v) is 9.16. The number of methoxy groups -OCH3 is 1. The fourth-order valence-electron chi connectivity index (χ4n) is 3.43. The van der Waals surface area contributed by atoms with Crippen LogP contribution < -0.4 is 4.72 Å². The molecule has 33 heavy (non-hydrogen) atoms. The summed E-state index contributed by atoms with van der Waals surface area (Å²) in [4.78, 5) is 11.7. The Bertz CT molecular complexity index is 1330. The van der Waals surface area contributed by atoms with Gasteiger partial charge in [0.05, 0.1) is 29.8 Å². The Labute approximate surface area is 192 Å². The molecule has 0 fully saturated rings. The molecule has 1 aromatic heterocycles. The molecule has 7 nitrogen and oxygen atoms in total. The molecule has 3 aromatic carbocycles. The summed E-state index contributed by atoms with van der Waals surface area (Å²) < 4.78 is 34.8. The Morgan fingerprint density at radius 3 is 2.21 bits per heavy atom. The fraction of sp³-hybridized carbons (Fsp3) is 0.120. The fourth-order valence-corrected chi connectivity index (χ4v) is 4.43. The molecule has 0 spiro atoms. The number of sulfonamides is 1. The zero-order valence-electron chi connectivity index (χ0n) is 18.0. The van der Waals surface area contributed by atoms with Crippen LogP contribution in [0.15, 0.2) is 96.0 Å². The molecule has 0 radical (unpaired) electrons. The quantitative estimate of drug-likeness (QED) is 0.403. The molecular formula is C25H23N3O4S. The third kappa shape index (κ3) is 5.36. The molecule has 0 saturated carbocycles. The largest absolute Gasteiger partial charge is 0.465 e. The number of hydrogen-bond donors (Lipinski definition) is 1. The number of nitrogens with zero attached hydrogens (tertiary/aromatic N) is 2. The molecule has 0 saturated heterocycles. The van der Waals surface area contributed by atoms with Crippen LogP contribution in [0, 0.1) is 0 Å². The highest BCUT2D eigenvalue weighted by Gasteiger charge is 2.18. The maximum Gasteiger partial charge on any atom is 0.337 e. The summed E-state index contributed by atoms with van der Waals surface area (Å²) in [5, 5.41) is 4.72. The Kier molecular flexibility index (Phi) is 6.67. The molecule has 0 aliphatic carbocycles. The SMILES string of the molecule is COC(=O)c1ccc(S(=O)(=O)NCc2cn(Cc3ccccc3)nc2-c2ccccc2)cc1. The van der Waals surface area contributed by atoms with E-state index in [0.717, 1.165) is 22.4 Å². The van der Waals surface area contributed by atoms with Gasteiger partial charge in [0.25, 0.3) is 0 Å². The van der Waals surface area contributed by atoms with E-state index in [1.807, 2.05) is 71.5 Å². The lowest BCUT2D eigenvalue weighted by Crippen LogP contribution is -2.23. The van der Waals surface area contributed by atoms with Crippen LogP contribution >= 0.6 is 0 Å². The number of rotatable bonds is 8. The van der Waals surface area contributed by atoms with Gasteiger partial charge in [0.2, 0.25) is 10.0 Å². The number of esters is 1. The average molecular weight is 462 g/mol. The van der Waals surface area contributed by atoms with E-state index < -0.39 is 16.0 Å². The summed E-state index contributed by atoms with van der Waals surface area (Å²) in [7, 11) is -2.52. The first-order valence-corrected chi connectivity index (χ1v) is 11.8. The molecule has 4 aromatic rings. The van der Waals surface area contributed by atoms with Crippen molar-refractivity contribution in [1.82, 2.24) is 14.5 Å². The smallest absolute Gasteiger partial charge is 0.337 e. The summed E-state index contributed by atoms with van der Waals surface area (Å²) in [5.74, 6) is -0.523. The van der Waals surface area contributed by atoms with Gasteiger partial charge in [-0.3, -0.25) is 4.68 Å². The van der Waals surface area contributed by atoms with Crippen molar-refractivity contribution in [2.45, 2.75) is 18.0 Å². The first kappa shape index (κ1) is 22.4. The Morgan fingerprint density at radius 1 is 0.939 bits per heavy atom. The van der Waals surface area contributed by atoms with Gasteiger partial charge in [-0.1, -0.05) is 60.7 Å². The van der Waals surface area contributed by atoms with Crippen LogP contribution in [0.5, 0.6) is 0 Å². The topological polar surface area (TPSA) is 90.3 Å². The van der Waals surface area contributed by atoms with Crippen molar-refractivity contribution in [3.05, 3.63) is 108 Å². The molecule has 0 aliphatic rings. The van der Waals surface area contributed by atoms with E-state index in [1.165, 1.54) is 31.4 Å². The molecule has 1 N–H and O–H groups in total. The Hall–Kier alpha value is -3.75. The van der Waals surface area contributed by atoms with E-state index in [0.29, 0.717) is 6.54 Å². The van der Waals surface area contributed by atoms with Crippen molar-refractivity contribution >= 4 is 16.0 Å². The van der Waals surface area contributed by atoms with Gasteiger partial charge in [-0.2, -0.15) is 5.10 Å². The van der Waals surface area contributed by atoms with Crippen molar-refractivity contribution in [2.24, 2.45) is 0 Å². The number of hydrogen-bond acceptors (Lipinski definition) is 5. The van der Waals surface area contributed by atoms with Crippen LogP contribution in [0.25, 0.3) is 11.3 Å². The molecule has 168 valence electrons. The van der Waals surface area contributed by atoms with Crippen molar-refractivity contribution in [3.8, 4) is 11.3 Å². The summed E-state index contributed by atoms with van der Waals surface area (Å²) in [6, 6.07) is 25.2. The molecule has 0 aliphatic heterocycles. The predicted octanol–water partition coefficient (Wildman–Crippen LogP) is 3.86. The van der Waals surface area contributed by atoms with Gasteiger partial charge in [0.15, 0.2) is 0 Å². The first-order chi connectivity index (χ1) is 16.0. The second kappa shape index (κ2) is 9.81. The average Bonchev–Trinajstić information content (AvgIpc) is 3.26. The highest BCUT2D eigenvalue weighted by molar-refractivity contribution is 7.89. The van der Waals surface area contributed by atoms with Gasteiger partial charge in [-0.05, 0) is 29.8 Å². The molecule has 0 unspecified atom stereocenters. The van der Waals surface area contributed by atoms with E-state index in [9.17, 15) is 13.2 Å². The van der Waals surface area contributed by atoms with E-state index in [1.54, 1.807) is 0 Å². The standard InChI is InChI=1S/C25H23N3O4S/c1-32-25(29)21-12-14-23(15-13-21)33(30,31)26-16-22-18-28(17-19-8-4-2-5-9-19)27-24(22)20-10-6-3-7-11-20/h2-15,18,26H,16-17H2,1H3. The van der Waals surface area contributed by atoms with Gasteiger partial charge < -0.3 is 4.74 Å². The van der Waals surface area contributed by atoms with Gasteiger partial charge in [-0.25, -0.2) is 17.9 Å². The monoisotopic (exact) mass is 461 g/mol. The van der Waals surface area contributed by atoms with Crippen LogP contribution in [-0.2, 0) is 27.8 Å². The van der Waals surface area contributed by atoms with E-state index in [4.69, 9.17) is 5.10 Å². The molecular weight excluding hydrogens is 438 g/mol. The number of carbonyl (C=O) groups is 1. The predicted molar refractivity (Wildman–Crippen MR) is 125 cm³/mol. The Balaban J connectivity index is 1.58. The van der Waals surface area contributed by atoms with Crippen molar-refractivity contribution in [2.75, 3.05) is 7.11 Å². The minimum absolute atomic E-state index is 0.0630. The number of nitrogens with one attached hydrogen (secondary N) is 1. The minimum atomic E-state index is -3.80. The molecule has 1 heterocycles. The Morgan fingerprint density at radius 2 is 1.58 bits per heavy atom. The lowest BCUT2D eigenvalue weighted by atomic mass is 10.1.